The lowest BCUT2D eigenvalue weighted by molar-refractivity contribution is -0.147. The van der Waals surface area contributed by atoms with Gasteiger partial charge < -0.3 is 24.8 Å². The molecule has 2 N–H and O–H groups in total. The number of rotatable bonds is 6. The molecule has 1 fully saturated rings. The zero-order valence-corrected chi connectivity index (χ0v) is 18.4. The Morgan fingerprint density at radius 2 is 1.66 bits per heavy atom. The van der Waals surface area contributed by atoms with Gasteiger partial charge in [0, 0.05) is 26.3 Å². The smallest absolute Gasteiger partial charge is 0.326 e. The van der Waals surface area contributed by atoms with E-state index >= 15 is 0 Å². The number of nitrogens with one attached hydrogen (secondary N) is 1. The van der Waals surface area contributed by atoms with E-state index in [1.54, 1.807) is 57.7 Å². The summed E-state index contributed by atoms with van der Waals surface area (Å²) in [6, 6.07) is 11.8. The van der Waals surface area contributed by atoms with Crippen LogP contribution in [0.1, 0.15) is 23.2 Å². The highest BCUT2D eigenvalue weighted by Gasteiger charge is 2.33. The van der Waals surface area contributed by atoms with Crippen molar-refractivity contribution in [3.63, 3.8) is 0 Å². The molecule has 0 saturated carbocycles. The molecule has 1 aliphatic rings. The number of aliphatic carboxylic acids is 1. The summed E-state index contributed by atoms with van der Waals surface area (Å²) in [4.78, 5) is 33.9. The molecule has 0 bridgehead atoms. The summed E-state index contributed by atoms with van der Waals surface area (Å²) in [5, 5.41) is 11.5. The van der Waals surface area contributed by atoms with Crippen molar-refractivity contribution in [3.05, 3.63) is 59.9 Å². The van der Waals surface area contributed by atoms with Crippen molar-refractivity contribution in [2.75, 3.05) is 34.4 Å². The molecule has 32 heavy (non-hydrogen) atoms. The minimum Gasteiger partial charge on any atom is -0.480 e. The van der Waals surface area contributed by atoms with Gasteiger partial charge in [-0.2, -0.15) is 0 Å². The fourth-order valence-electron chi connectivity index (χ4n) is 2.83. The summed E-state index contributed by atoms with van der Waals surface area (Å²) < 4.78 is 22.3. The van der Waals surface area contributed by atoms with E-state index in [4.69, 9.17) is 9.84 Å². The molecule has 1 heterocycles. The number of carboxylic acids is 1. The van der Waals surface area contributed by atoms with Crippen LogP contribution in [0.5, 0.6) is 11.5 Å². The largest absolute Gasteiger partial charge is 0.480 e. The van der Waals surface area contributed by atoms with E-state index < -0.39 is 12.0 Å². The number of benzene rings is 2. The quantitative estimate of drug-likeness (QED) is 0.655. The predicted molar refractivity (Wildman–Crippen MR) is 118 cm³/mol. The van der Waals surface area contributed by atoms with E-state index in [-0.39, 0.29) is 18.3 Å². The van der Waals surface area contributed by atoms with Gasteiger partial charge in [0.15, 0.2) is 0 Å². The predicted octanol–water partition coefficient (Wildman–Crippen LogP) is 2.97. The van der Waals surface area contributed by atoms with E-state index in [1.807, 2.05) is 0 Å². The van der Waals surface area contributed by atoms with Crippen molar-refractivity contribution in [3.8, 4) is 11.5 Å². The van der Waals surface area contributed by atoms with Crippen molar-refractivity contribution in [2.24, 2.45) is 0 Å². The molecule has 1 amide bonds. The van der Waals surface area contributed by atoms with Crippen LogP contribution in [-0.4, -0.2) is 68.6 Å². The Balaban J connectivity index is 0.000000291. The van der Waals surface area contributed by atoms with Crippen LogP contribution >= 0.6 is 0 Å². The minimum absolute atomic E-state index is 0.132. The van der Waals surface area contributed by atoms with Crippen molar-refractivity contribution in [2.45, 2.75) is 18.9 Å². The van der Waals surface area contributed by atoms with Gasteiger partial charge in [-0.05, 0) is 68.4 Å². The number of likely N-dealkylation sites (N-methyl/N-ethyl adjacent to an activating group) is 1. The molecule has 1 atom stereocenters. The van der Waals surface area contributed by atoms with Crippen molar-refractivity contribution < 1.29 is 33.4 Å². The SMILES string of the molecule is CNCC(=O)N1CCCC1C(=O)O.COC.O=Cc1ccc(Oc2ccc(F)cc2)cc1. The standard InChI is InChI=1S/C13H9FO2.C8H14N2O3.C2H6O/c14-11-3-7-13(8-4-11)16-12-5-1-10(9-15)2-6-12;1-9-5-7(11)10-4-2-3-6(10)8(12)13;1-3-2/h1-9H;6,9H,2-5H2,1H3,(H,12,13);1-2H3. The van der Waals surface area contributed by atoms with Gasteiger partial charge in [0.2, 0.25) is 5.91 Å². The number of carbonyl (C=O) groups excluding carboxylic acids is 2. The van der Waals surface area contributed by atoms with E-state index in [2.05, 4.69) is 10.1 Å². The van der Waals surface area contributed by atoms with Gasteiger partial charge in [-0.25, -0.2) is 9.18 Å². The second kappa shape index (κ2) is 14.7. The Bertz CT molecular complexity index is 843. The van der Waals surface area contributed by atoms with Gasteiger partial charge in [-0.15, -0.1) is 0 Å². The maximum absolute atomic E-state index is 12.6. The Kier molecular flexibility index (Phi) is 12.2. The summed E-state index contributed by atoms with van der Waals surface area (Å²) in [6.45, 7) is 0.779. The molecule has 8 nitrogen and oxygen atoms in total. The van der Waals surface area contributed by atoms with E-state index in [0.29, 0.717) is 30.0 Å². The van der Waals surface area contributed by atoms with Crippen LogP contribution < -0.4 is 10.1 Å². The van der Waals surface area contributed by atoms with E-state index in [0.717, 1.165) is 12.7 Å². The lowest BCUT2D eigenvalue weighted by atomic mass is 10.2. The topological polar surface area (TPSA) is 105 Å². The number of halogens is 1. The number of hydrogen-bond acceptors (Lipinski definition) is 6. The first-order chi connectivity index (χ1) is 15.4. The highest BCUT2D eigenvalue weighted by atomic mass is 19.1. The summed E-state index contributed by atoms with van der Waals surface area (Å²) in [7, 11) is 4.92. The average molecular weight is 448 g/mol. The Hall–Kier alpha value is -3.30. The third-order valence-electron chi connectivity index (χ3n) is 4.25. The summed E-state index contributed by atoms with van der Waals surface area (Å²) in [5.41, 5.74) is 0.589. The summed E-state index contributed by atoms with van der Waals surface area (Å²) in [5.74, 6) is -0.171. The number of likely N-dealkylation sites (tertiary alicyclic amines) is 1. The van der Waals surface area contributed by atoms with Crippen LogP contribution in [0.3, 0.4) is 0 Å². The number of ether oxygens (including phenoxy) is 2. The van der Waals surface area contributed by atoms with Gasteiger partial charge in [0.05, 0.1) is 6.54 Å². The van der Waals surface area contributed by atoms with E-state index in [9.17, 15) is 18.8 Å². The maximum Gasteiger partial charge on any atom is 0.326 e. The molecular weight excluding hydrogens is 419 g/mol. The number of methoxy groups -OCH3 is 1. The van der Waals surface area contributed by atoms with Gasteiger partial charge in [-0.1, -0.05) is 0 Å². The van der Waals surface area contributed by atoms with Crippen LogP contribution in [0.4, 0.5) is 4.39 Å². The van der Waals surface area contributed by atoms with Gasteiger partial charge in [0.25, 0.3) is 0 Å². The fourth-order valence-corrected chi connectivity index (χ4v) is 2.83. The average Bonchev–Trinajstić information content (AvgIpc) is 3.28. The molecule has 1 unspecified atom stereocenters. The first-order valence-electron chi connectivity index (χ1n) is 9.91. The highest BCUT2D eigenvalue weighted by Crippen LogP contribution is 2.21. The normalized spacial score (nSPS) is 14.4. The number of aldehydes is 1. The molecule has 174 valence electrons. The number of nitrogens with zero attached hydrogens (tertiary/aromatic N) is 1. The van der Waals surface area contributed by atoms with Crippen LogP contribution in [-0.2, 0) is 14.3 Å². The number of amides is 1. The molecule has 1 saturated heterocycles. The third kappa shape index (κ3) is 9.23. The van der Waals surface area contributed by atoms with Crippen molar-refractivity contribution in [1.29, 1.82) is 0 Å². The maximum atomic E-state index is 12.6. The van der Waals surface area contributed by atoms with Gasteiger partial charge in [-0.3, -0.25) is 9.59 Å². The van der Waals surface area contributed by atoms with Crippen LogP contribution in [0.2, 0.25) is 0 Å². The fraction of sp³-hybridized carbons (Fsp3) is 0.348. The first-order valence-corrected chi connectivity index (χ1v) is 9.91. The van der Waals surface area contributed by atoms with E-state index in [1.165, 1.54) is 17.0 Å². The Morgan fingerprint density at radius 3 is 2.12 bits per heavy atom. The monoisotopic (exact) mass is 448 g/mol. The summed E-state index contributed by atoms with van der Waals surface area (Å²) >= 11 is 0. The number of carboxylic acid groups (broad SMARTS) is 1. The first kappa shape index (κ1) is 26.7. The molecule has 2 aromatic carbocycles. The molecule has 9 heteroatoms. The molecule has 0 radical (unpaired) electrons. The zero-order chi connectivity index (χ0) is 23.9. The molecular formula is C23H29FN2O6. The van der Waals surface area contributed by atoms with Gasteiger partial charge >= 0.3 is 5.97 Å². The zero-order valence-electron chi connectivity index (χ0n) is 18.4. The molecule has 0 aromatic heterocycles. The molecule has 0 aliphatic carbocycles. The van der Waals surface area contributed by atoms with Crippen LogP contribution in [0.25, 0.3) is 0 Å². The molecule has 3 rings (SSSR count). The van der Waals surface area contributed by atoms with Crippen molar-refractivity contribution in [1.82, 2.24) is 10.2 Å². The van der Waals surface area contributed by atoms with Crippen LogP contribution in [0.15, 0.2) is 48.5 Å². The second-order valence-corrected chi connectivity index (χ2v) is 6.76. The second-order valence-electron chi connectivity index (χ2n) is 6.76. The molecule has 0 spiro atoms. The third-order valence-corrected chi connectivity index (χ3v) is 4.25. The summed E-state index contributed by atoms with van der Waals surface area (Å²) in [6.07, 6.45) is 2.12. The number of carbonyl (C=O) groups is 3. The Labute approximate surface area is 186 Å². The minimum atomic E-state index is -0.901. The van der Waals surface area contributed by atoms with Crippen LogP contribution in [0, 0.1) is 5.82 Å². The Morgan fingerprint density at radius 1 is 1.12 bits per heavy atom. The van der Waals surface area contributed by atoms with Crippen molar-refractivity contribution >= 4 is 18.2 Å². The lowest BCUT2D eigenvalue weighted by Gasteiger charge is -2.20. The molecule has 1 aliphatic heterocycles. The highest BCUT2D eigenvalue weighted by molar-refractivity contribution is 5.85. The number of hydrogen-bond donors (Lipinski definition) is 2. The van der Waals surface area contributed by atoms with Gasteiger partial charge in [0.1, 0.15) is 29.6 Å². The lowest BCUT2D eigenvalue weighted by Crippen LogP contribution is -2.43. The molecule has 2 aromatic rings.